The number of aromatic nitrogens is 1. The van der Waals surface area contributed by atoms with Crippen molar-refractivity contribution < 1.29 is 24.1 Å². The van der Waals surface area contributed by atoms with E-state index in [-0.39, 0.29) is 19.0 Å². The van der Waals surface area contributed by atoms with Crippen LogP contribution < -0.4 is 9.47 Å². The second-order valence-electron chi connectivity index (χ2n) is 10.7. The number of aliphatic hydroxyl groups is 2. The number of ether oxygens (including phenoxy) is 2. The van der Waals surface area contributed by atoms with Crippen LogP contribution in [0.1, 0.15) is 60.4 Å². The summed E-state index contributed by atoms with van der Waals surface area (Å²) in [5.74, 6) is 2.44. The van der Waals surface area contributed by atoms with E-state index in [0.717, 1.165) is 53.7 Å². The van der Waals surface area contributed by atoms with E-state index in [4.69, 9.17) is 9.47 Å². The summed E-state index contributed by atoms with van der Waals surface area (Å²) in [5, 5.41) is 20.9. The molecule has 5 nitrogen and oxygen atoms in total. The molecule has 3 aromatic rings. The summed E-state index contributed by atoms with van der Waals surface area (Å²) in [5.41, 5.74) is 4.54. The molecule has 0 bridgehead atoms. The maximum atomic E-state index is 14.6. The molecule has 1 aromatic heterocycles. The van der Waals surface area contributed by atoms with Crippen LogP contribution in [0.2, 0.25) is 0 Å². The van der Waals surface area contributed by atoms with Gasteiger partial charge in [-0.25, -0.2) is 9.37 Å². The number of fused-ring (bicyclic) bond motifs is 3. The number of halogens is 1. The van der Waals surface area contributed by atoms with Crippen molar-refractivity contribution in [2.24, 2.45) is 5.92 Å². The van der Waals surface area contributed by atoms with Crippen LogP contribution in [0, 0.1) is 18.7 Å². The molecule has 2 fully saturated rings. The van der Waals surface area contributed by atoms with Crippen molar-refractivity contribution in [1.82, 2.24) is 4.98 Å². The lowest BCUT2D eigenvalue weighted by Crippen LogP contribution is -2.49. The first kappa shape index (κ1) is 23.4. The van der Waals surface area contributed by atoms with Gasteiger partial charge in [-0.2, -0.15) is 0 Å². The Morgan fingerprint density at radius 1 is 1.08 bits per heavy atom. The number of hydrogen-bond donors (Lipinski definition) is 2. The molecule has 0 spiro atoms. The van der Waals surface area contributed by atoms with Gasteiger partial charge in [0.05, 0.1) is 6.10 Å². The van der Waals surface area contributed by atoms with Crippen molar-refractivity contribution >= 4 is 0 Å². The summed E-state index contributed by atoms with van der Waals surface area (Å²) < 4.78 is 26.4. The molecular formula is C30H32FNO4. The first-order chi connectivity index (χ1) is 17.4. The first-order valence-corrected chi connectivity index (χ1v) is 12.9. The lowest BCUT2D eigenvalue weighted by molar-refractivity contribution is -0.121. The molecule has 2 saturated carbocycles. The maximum absolute atomic E-state index is 14.6. The Bertz CT molecular complexity index is 1290. The summed E-state index contributed by atoms with van der Waals surface area (Å²) in [4.78, 5) is 4.54. The average Bonchev–Trinajstić information content (AvgIpc) is 3.55. The minimum Gasteiger partial charge on any atom is -0.489 e. The molecule has 2 N–H and O–H groups in total. The van der Waals surface area contributed by atoms with Crippen molar-refractivity contribution in [3.05, 3.63) is 76.7 Å². The van der Waals surface area contributed by atoms with Gasteiger partial charge in [-0.05, 0) is 91.5 Å². The van der Waals surface area contributed by atoms with Crippen molar-refractivity contribution in [2.45, 2.75) is 69.7 Å². The molecule has 0 aliphatic heterocycles. The van der Waals surface area contributed by atoms with Crippen LogP contribution >= 0.6 is 0 Å². The van der Waals surface area contributed by atoms with Crippen LogP contribution in [0.4, 0.5) is 4.39 Å². The van der Waals surface area contributed by atoms with Crippen molar-refractivity contribution in [3.8, 4) is 22.8 Å². The standard InChI is InChI=1S/C30H32FNO4/c1-18-24(8-10-29(32-18)36-17-30(34)11-3-2-4-28(30)33)19-5-9-27(31)22(12-19)16-35-23-6-7-25-20(14-23)13-21-15-26(21)25/h5-10,12,14,21,26,28,33-34H,2-4,11,13,15-17H2,1H3. The van der Waals surface area contributed by atoms with Gasteiger partial charge < -0.3 is 19.7 Å². The molecule has 4 atom stereocenters. The highest BCUT2D eigenvalue weighted by Gasteiger charge is 2.44. The number of rotatable bonds is 7. The number of aryl methyl sites for hydroxylation is 1. The van der Waals surface area contributed by atoms with Gasteiger partial charge in [-0.15, -0.1) is 0 Å². The van der Waals surface area contributed by atoms with Crippen LogP contribution in [0.3, 0.4) is 0 Å². The predicted octanol–water partition coefficient (Wildman–Crippen LogP) is 5.48. The highest BCUT2D eigenvalue weighted by molar-refractivity contribution is 5.67. The van der Waals surface area contributed by atoms with Gasteiger partial charge in [0.25, 0.3) is 0 Å². The lowest BCUT2D eigenvalue weighted by Gasteiger charge is -2.36. The van der Waals surface area contributed by atoms with Crippen LogP contribution in [0.25, 0.3) is 11.1 Å². The molecule has 0 amide bonds. The third kappa shape index (κ3) is 4.48. The molecule has 3 aliphatic carbocycles. The fourth-order valence-corrected chi connectivity index (χ4v) is 5.86. The quantitative estimate of drug-likeness (QED) is 0.460. The number of hydrogen-bond acceptors (Lipinski definition) is 5. The minimum absolute atomic E-state index is 0.00198. The van der Waals surface area contributed by atoms with Crippen molar-refractivity contribution in [2.75, 3.05) is 6.61 Å². The summed E-state index contributed by atoms with van der Waals surface area (Å²) in [6, 6.07) is 14.9. The normalized spacial score (nSPS) is 26.3. The molecule has 6 heteroatoms. The Hall–Kier alpha value is -2.96. The zero-order valence-corrected chi connectivity index (χ0v) is 20.5. The minimum atomic E-state index is -1.24. The Balaban J connectivity index is 1.14. The van der Waals surface area contributed by atoms with Gasteiger partial charge in [0.15, 0.2) is 0 Å². The summed E-state index contributed by atoms with van der Waals surface area (Å²) >= 11 is 0. The van der Waals surface area contributed by atoms with E-state index >= 15 is 0 Å². The predicted molar refractivity (Wildman–Crippen MR) is 135 cm³/mol. The maximum Gasteiger partial charge on any atom is 0.213 e. The number of benzene rings is 2. The molecule has 3 aliphatic rings. The van der Waals surface area contributed by atoms with Gasteiger partial charge in [-0.3, -0.25) is 0 Å². The van der Waals surface area contributed by atoms with Gasteiger partial charge in [0, 0.05) is 22.9 Å². The molecule has 6 rings (SSSR count). The zero-order chi connectivity index (χ0) is 24.9. The first-order valence-electron chi connectivity index (χ1n) is 12.9. The van der Waals surface area contributed by atoms with E-state index in [2.05, 4.69) is 17.1 Å². The van der Waals surface area contributed by atoms with Crippen molar-refractivity contribution in [1.29, 1.82) is 0 Å². The highest BCUT2D eigenvalue weighted by Crippen LogP contribution is 2.56. The second-order valence-corrected chi connectivity index (χ2v) is 10.7. The van der Waals surface area contributed by atoms with Crippen LogP contribution in [0.5, 0.6) is 11.6 Å². The molecular weight excluding hydrogens is 457 g/mol. The smallest absolute Gasteiger partial charge is 0.213 e. The SMILES string of the molecule is Cc1nc(OCC2(O)CCCCC2O)ccc1-c1ccc(F)c(COc2ccc3c(c2)CC2CC32)c1. The number of pyridine rings is 1. The van der Waals surface area contributed by atoms with Crippen LogP contribution in [0.15, 0.2) is 48.5 Å². The summed E-state index contributed by atoms with van der Waals surface area (Å²) in [6.07, 6.45) is 4.53. The molecule has 1 heterocycles. The highest BCUT2D eigenvalue weighted by atomic mass is 19.1. The average molecular weight is 490 g/mol. The molecule has 36 heavy (non-hydrogen) atoms. The fourth-order valence-electron chi connectivity index (χ4n) is 5.86. The van der Waals surface area contributed by atoms with Crippen molar-refractivity contribution in [3.63, 3.8) is 0 Å². The topological polar surface area (TPSA) is 71.8 Å². The van der Waals surface area contributed by atoms with Gasteiger partial charge in [0.2, 0.25) is 5.88 Å². The van der Waals surface area contributed by atoms with Crippen LogP contribution in [-0.4, -0.2) is 33.5 Å². The number of aliphatic hydroxyl groups excluding tert-OH is 1. The summed E-state index contributed by atoms with van der Waals surface area (Å²) in [7, 11) is 0. The van der Waals surface area contributed by atoms with E-state index in [1.54, 1.807) is 12.1 Å². The molecule has 188 valence electrons. The van der Waals surface area contributed by atoms with Gasteiger partial charge in [0.1, 0.15) is 30.4 Å². The Morgan fingerprint density at radius 2 is 1.97 bits per heavy atom. The molecule has 0 saturated heterocycles. The van der Waals surface area contributed by atoms with Crippen LogP contribution in [-0.2, 0) is 13.0 Å². The van der Waals surface area contributed by atoms with Gasteiger partial charge >= 0.3 is 0 Å². The van der Waals surface area contributed by atoms with E-state index in [1.165, 1.54) is 23.6 Å². The Labute approximate surface area is 210 Å². The third-order valence-electron chi connectivity index (χ3n) is 8.16. The lowest BCUT2D eigenvalue weighted by atomic mass is 9.83. The van der Waals surface area contributed by atoms with Gasteiger partial charge in [-0.1, -0.05) is 25.0 Å². The summed E-state index contributed by atoms with van der Waals surface area (Å²) in [6.45, 7) is 2.03. The zero-order valence-electron chi connectivity index (χ0n) is 20.5. The monoisotopic (exact) mass is 489 g/mol. The Kier molecular flexibility index (Phi) is 5.97. The molecule has 0 radical (unpaired) electrons. The van der Waals surface area contributed by atoms with E-state index in [0.29, 0.717) is 24.3 Å². The molecule has 2 aromatic carbocycles. The van der Waals surface area contributed by atoms with E-state index in [1.807, 2.05) is 25.1 Å². The number of nitrogens with zero attached hydrogens (tertiary/aromatic N) is 1. The third-order valence-corrected chi connectivity index (χ3v) is 8.16. The Morgan fingerprint density at radius 3 is 2.81 bits per heavy atom. The molecule has 4 unspecified atom stereocenters. The van der Waals surface area contributed by atoms with E-state index < -0.39 is 11.7 Å². The second kappa shape index (κ2) is 9.16. The largest absolute Gasteiger partial charge is 0.489 e. The van der Waals surface area contributed by atoms with E-state index in [9.17, 15) is 14.6 Å². The fraction of sp³-hybridized carbons (Fsp3) is 0.433.